The van der Waals surface area contributed by atoms with Crippen LogP contribution >= 0.6 is 0 Å². The molecule has 1 amide bonds. The Labute approximate surface area is 106 Å². The van der Waals surface area contributed by atoms with Crippen LogP contribution in [0.1, 0.15) is 48.0 Å². The molecule has 0 aromatic carbocycles. The molecule has 0 radical (unpaired) electrons. The van der Waals surface area contributed by atoms with Gasteiger partial charge in [0.2, 0.25) is 5.91 Å². The molecule has 0 saturated carbocycles. The van der Waals surface area contributed by atoms with Crippen molar-refractivity contribution in [3.63, 3.8) is 0 Å². The van der Waals surface area contributed by atoms with Crippen LogP contribution in [0.2, 0.25) is 0 Å². The maximum atomic E-state index is 12.1. The molecule has 1 aliphatic heterocycles. The standard InChI is InChI=1S/C14H28N2O/c1-7-13-15-11(6)14(17)16(13)8-12(9(2)3)10(4)5/h9-13,15H,7-8H2,1-6H3. The SMILES string of the molecule is CCC1NC(C)C(=O)N1CC(C(C)C)C(C)C. The summed E-state index contributed by atoms with van der Waals surface area (Å²) in [6.07, 6.45) is 1.22. The fourth-order valence-electron chi connectivity index (χ4n) is 2.83. The first-order valence-corrected chi connectivity index (χ1v) is 6.95. The van der Waals surface area contributed by atoms with Gasteiger partial charge in [-0.2, -0.15) is 0 Å². The van der Waals surface area contributed by atoms with Crippen LogP contribution < -0.4 is 5.32 Å². The number of hydrogen-bond donors (Lipinski definition) is 1. The summed E-state index contributed by atoms with van der Waals surface area (Å²) in [6, 6.07) is -0.0140. The second-order valence-corrected chi connectivity index (χ2v) is 5.95. The van der Waals surface area contributed by atoms with Crippen molar-refractivity contribution in [1.82, 2.24) is 10.2 Å². The highest BCUT2D eigenvalue weighted by Crippen LogP contribution is 2.25. The van der Waals surface area contributed by atoms with Crippen molar-refractivity contribution in [3.8, 4) is 0 Å². The van der Waals surface area contributed by atoms with Gasteiger partial charge in [0.25, 0.3) is 0 Å². The molecule has 2 atom stereocenters. The third-order valence-electron chi connectivity index (χ3n) is 3.98. The monoisotopic (exact) mass is 240 g/mol. The predicted molar refractivity (Wildman–Crippen MR) is 71.6 cm³/mol. The zero-order chi connectivity index (χ0) is 13.2. The molecule has 3 heteroatoms. The number of nitrogens with zero attached hydrogens (tertiary/aromatic N) is 1. The van der Waals surface area contributed by atoms with Crippen molar-refractivity contribution in [2.75, 3.05) is 6.54 Å². The summed E-state index contributed by atoms with van der Waals surface area (Å²) >= 11 is 0. The molecule has 2 unspecified atom stereocenters. The summed E-state index contributed by atoms with van der Waals surface area (Å²) in [5.74, 6) is 2.09. The van der Waals surface area contributed by atoms with Gasteiger partial charge in [0.15, 0.2) is 0 Å². The molecule has 1 fully saturated rings. The van der Waals surface area contributed by atoms with Crippen molar-refractivity contribution in [2.24, 2.45) is 17.8 Å². The largest absolute Gasteiger partial charge is 0.326 e. The topological polar surface area (TPSA) is 32.3 Å². The number of nitrogens with one attached hydrogen (secondary N) is 1. The van der Waals surface area contributed by atoms with Gasteiger partial charge in [-0.25, -0.2) is 0 Å². The molecule has 0 aromatic rings. The average Bonchev–Trinajstić information content (AvgIpc) is 2.51. The molecule has 0 spiro atoms. The van der Waals surface area contributed by atoms with Gasteiger partial charge in [0.1, 0.15) is 0 Å². The zero-order valence-corrected chi connectivity index (χ0v) is 12.2. The number of carbonyl (C=O) groups is 1. The Bertz CT molecular complexity index is 255. The lowest BCUT2D eigenvalue weighted by Gasteiger charge is -2.32. The Hall–Kier alpha value is -0.570. The van der Waals surface area contributed by atoms with Crippen LogP contribution in [0.15, 0.2) is 0 Å². The normalized spacial score (nSPS) is 25.7. The lowest BCUT2D eigenvalue weighted by atomic mass is 9.85. The Morgan fingerprint density at radius 3 is 2.18 bits per heavy atom. The van der Waals surface area contributed by atoms with E-state index < -0.39 is 0 Å². The minimum atomic E-state index is -0.0140. The smallest absolute Gasteiger partial charge is 0.240 e. The van der Waals surface area contributed by atoms with E-state index in [4.69, 9.17) is 0 Å². The highest BCUT2D eigenvalue weighted by molar-refractivity contribution is 5.83. The van der Waals surface area contributed by atoms with Gasteiger partial charge in [-0.3, -0.25) is 10.1 Å². The van der Waals surface area contributed by atoms with Gasteiger partial charge >= 0.3 is 0 Å². The van der Waals surface area contributed by atoms with Crippen molar-refractivity contribution in [3.05, 3.63) is 0 Å². The first-order valence-electron chi connectivity index (χ1n) is 6.95. The Morgan fingerprint density at radius 1 is 1.24 bits per heavy atom. The van der Waals surface area contributed by atoms with Crippen LogP contribution in [-0.2, 0) is 4.79 Å². The van der Waals surface area contributed by atoms with E-state index in [1.54, 1.807) is 0 Å². The molecule has 0 bridgehead atoms. The first kappa shape index (κ1) is 14.5. The molecular formula is C14H28N2O. The third-order valence-corrected chi connectivity index (χ3v) is 3.98. The molecule has 1 rings (SSSR count). The van der Waals surface area contributed by atoms with E-state index in [2.05, 4.69) is 44.8 Å². The quantitative estimate of drug-likeness (QED) is 0.800. The molecule has 3 nitrogen and oxygen atoms in total. The molecule has 1 aliphatic rings. The summed E-state index contributed by atoms with van der Waals surface area (Å²) in [7, 11) is 0. The highest BCUT2D eigenvalue weighted by atomic mass is 16.2. The van der Waals surface area contributed by atoms with Gasteiger partial charge in [-0.05, 0) is 31.1 Å². The van der Waals surface area contributed by atoms with Crippen LogP contribution in [0.5, 0.6) is 0 Å². The lowest BCUT2D eigenvalue weighted by Crippen LogP contribution is -2.42. The van der Waals surface area contributed by atoms with Gasteiger partial charge in [-0.15, -0.1) is 0 Å². The van der Waals surface area contributed by atoms with Crippen LogP contribution in [0, 0.1) is 17.8 Å². The van der Waals surface area contributed by atoms with Crippen LogP contribution in [0.3, 0.4) is 0 Å². The second kappa shape index (κ2) is 5.85. The number of amides is 1. The van der Waals surface area contributed by atoms with Crippen LogP contribution in [0.25, 0.3) is 0 Å². The fourth-order valence-corrected chi connectivity index (χ4v) is 2.83. The predicted octanol–water partition coefficient (Wildman–Crippen LogP) is 2.47. The molecule has 0 aromatic heterocycles. The Kier molecular flexibility index (Phi) is 4.99. The summed E-state index contributed by atoms with van der Waals surface area (Å²) in [5.41, 5.74) is 0. The fraction of sp³-hybridized carbons (Fsp3) is 0.929. The van der Waals surface area contributed by atoms with Crippen molar-refractivity contribution < 1.29 is 4.79 Å². The lowest BCUT2D eigenvalue weighted by molar-refractivity contribution is -0.130. The number of hydrogen-bond acceptors (Lipinski definition) is 2. The van der Waals surface area contributed by atoms with E-state index in [0.717, 1.165) is 13.0 Å². The minimum Gasteiger partial charge on any atom is -0.326 e. The average molecular weight is 240 g/mol. The summed E-state index contributed by atoms with van der Waals surface area (Å²) in [5, 5.41) is 3.36. The molecule has 17 heavy (non-hydrogen) atoms. The van der Waals surface area contributed by atoms with E-state index in [0.29, 0.717) is 17.8 Å². The van der Waals surface area contributed by atoms with E-state index >= 15 is 0 Å². The Balaban J connectivity index is 2.73. The van der Waals surface area contributed by atoms with E-state index in [1.165, 1.54) is 0 Å². The van der Waals surface area contributed by atoms with Crippen molar-refractivity contribution in [1.29, 1.82) is 0 Å². The molecular weight excluding hydrogens is 212 g/mol. The number of rotatable bonds is 5. The van der Waals surface area contributed by atoms with Crippen molar-refractivity contribution >= 4 is 5.91 Å². The summed E-state index contributed by atoms with van der Waals surface area (Å²) < 4.78 is 0. The Morgan fingerprint density at radius 2 is 1.76 bits per heavy atom. The van der Waals surface area contributed by atoms with Crippen molar-refractivity contribution in [2.45, 2.75) is 60.2 Å². The molecule has 1 heterocycles. The van der Waals surface area contributed by atoms with E-state index in [1.807, 2.05) is 6.92 Å². The highest BCUT2D eigenvalue weighted by Gasteiger charge is 2.37. The van der Waals surface area contributed by atoms with E-state index in [-0.39, 0.29) is 18.1 Å². The van der Waals surface area contributed by atoms with E-state index in [9.17, 15) is 4.79 Å². The molecule has 1 N–H and O–H groups in total. The molecule has 100 valence electrons. The van der Waals surface area contributed by atoms with Gasteiger partial charge < -0.3 is 4.90 Å². The summed E-state index contributed by atoms with van der Waals surface area (Å²) in [6.45, 7) is 14.0. The minimum absolute atomic E-state index is 0.0140. The molecule has 0 aliphatic carbocycles. The molecule has 1 saturated heterocycles. The zero-order valence-electron chi connectivity index (χ0n) is 12.2. The number of carbonyl (C=O) groups excluding carboxylic acids is 1. The van der Waals surface area contributed by atoms with Crippen LogP contribution in [-0.4, -0.2) is 29.6 Å². The maximum absolute atomic E-state index is 12.1. The van der Waals surface area contributed by atoms with Gasteiger partial charge in [0.05, 0.1) is 12.2 Å². The first-order chi connectivity index (χ1) is 7.88. The van der Waals surface area contributed by atoms with Gasteiger partial charge in [-0.1, -0.05) is 34.6 Å². The van der Waals surface area contributed by atoms with Gasteiger partial charge in [0, 0.05) is 6.54 Å². The maximum Gasteiger partial charge on any atom is 0.240 e. The van der Waals surface area contributed by atoms with Crippen LogP contribution in [0.4, 0.5) is 0 Å². The second-order valence-electron chi connectivity index (χ2n) is 5.95. The third kappa shape index (κ3) is 3.21. The summed E-state index contributed by atoms with van der Waals surface area (Å²) in [4.78, 5) is 14.2.